The van der Waals surface area contributed by atoms with E-state index in [9.17, 15) is 9.59 Å². The summed E-state index contributed by atoms with van der Waals surface area (Å²) in [7, 11) is 0. The average molecular weight is 541 g/mol. The molecule has 3 heterocycles. The van der Waals surface area contributed by atoms with Gasteiger partial charge >= 0.3 is 6.09 Å². The lowest BCUT2D eigenvalue weighted by Gasteiger charge is -2.24. The Morgan fingerprint density at radius 2 is 1.95 bits per heavy atom. The van der Waals surface area contributed by atoms with Gasteiger partial charge in [0.15, 0.2) is 0 Å². The van der Waals surface area contributed by atoms with Crippen LogP contribution in [0.25, 0.3) is 22.4 Å². The minimum atomic E-state index is -0.530. The summed E-state index contributed by atoms with van der Waals surface area (Å²) in [5.41, 5.74) is 4.11. The van der Waals surface area contributed by atoms with Crippen molar-refractivity contribution in [2.24, 2.45) is 0 Å². The largest absolute Gasteiger partial charge is 0.444 e. The molecule has 208 valence electrons. The topological polar surface area (TPSA) is 112 Å². The van der Waals surface area contributed by atoms with Gasteiger partial charge in [-0.2, -0.15) is 0 Å². The van der Waals surface area contributed by atoms with Gasteiger partial charge in [0.25, 0.3) is 5.91 Å². The van der Waals surface area contributed by atoms with Crippen molar-refractivity contribution in [2.75, 3.05) is 30.3 Å². The number of nitrogens with one attached hydrogen (secondary N) is 3. The number of amides is 2. The van der Waals surface area contributed by atoms with Crippen molar-refractivity contribution >= 4 is 34.5 Å². The number of aromatic nitrogens is 3. The van der Waals surface area contributed by atoms with Gasteiger partial charge in [0.2, 0.25) is 0 Å². The summed E-state index contributed by atoms with van der Waals surface area (Å²) in [6.45, 7) is 9.75. The fourth-order valence-corrected chi connectivity index (χ4v) is 4.85. The number of anilines is 2. The molecule has 1 atom stereocenters. The lowest BCUT2D eigenvalue weighted by molar-refractivity contribution is 0.0292. The molecule has 5 rings (SSSR count). The first-order valence-corrected chi connectivity index (χ1v) is 13.8. The Morgan fingerprint density at radius 3 is 2.75 bits per heavy atom. The Labute approximate surface area is 234 Å². The maximum atomic E-state index is 13.3. The van der Waals surface area contributed by atoms with E-state index in [0.29, 0.717) is 35.7 Å². The molecular weight excluding hydrogens is 504 g/mol. The molecule has 1 aliphatic heterocycles. The maximum absolute atomic E-state index is 13.3. The number of carbonyl (C=O) groups excluding carboxylic acids is 2. The Hall–Kier alpha value is -4.40. The molecule has 0 aliphatic carbocycles. The zero-order valence-corrected chi connectivity index (χ0v) is 23.5. The second kappa shape index (κ2) is 11.4. The van der Waals surface area contributed by atoms with E-state index in [2.05, 4.69) is 27.5 Å². The van der Waals surface area contributed by atoms with E-state index in [0.717, 1.165) is 41.8 Å². The van der Waals surface area contributed by atoms with Crippen molar-refractivity contribution in [2.45, 2.75) is 52.1 Å². The van der Waals surface area contributed by atoms with Crippen LogP contribution in [-0.4, -0.2) is 57.1 Å². The standard InChI is InChI=1S/C31H36N6O3/c1-5-14-32-26-18-21(12-15-33-26)28-34-24-10-7-11-25(27(24)36-28)35-29(38)22-9-6-8-20(17-22)23-13-16-37(19-23)30(39)40-31(2,3)4/h6-12,15,17-18,23H,5,13-14,16,19H2,1-4H3,(H,32,33)(H,34,36)(H,35,38). The van der Waals surface area contributed by atoms with Gasteiger partial charge < -0.3 is 25.3 Å². The number of carbonyl (C=O) groups is 2. The lowest BCUT2D eigenvalue weighted by atomic mass is 9.96. The van der Waals surface area contributed by atoms with Crippen LogP contribution in [0, 0.1) is 0 Å². The minimum Gasteiger partial charge on any atom is -0.444 e. The average Bonchev–Trinajstić information content (AvgIpc) is 3.60. The Balaban J connectivity index is 1.31. The molecule has 0 radical (unpaired) electrons. The van der Waals surface area contributed by atoms with Crippen LogP contribution in [0.2, 0.25) is 0 Å². The van der Waals surface area contributed by atoms with Gasteiger partial charge in [-0.1, -0.05) is 25.1 Å². The molecule has 40 heavy (non-hydrogen) atoms. The van der Waals surface area contributed by atoms with E-state index >= 15 is 0 Å². The number of nitrogens with zero attached hydrogens (tertiary/aromatic N) is 3. The van der Waals surface area contributed by atoms with Gasteiger partial charge in [-0.25, -0.2) is 14.8 Å². The number of para-hydroxylation sites is 1. The quantitative estimate of drug-likeness (QED) is 0.249. The Morgan fingerprint density at radius 1 is 1.12 bits per heavy atom. The summed E-state index contributed by atoms with van der Waals surface area (Å²) >= 11 is 0. The van der Waals surface area contributed by atoms with Crippen molar-refractivity contribution in [3.8, 4) is 11.4 Å². The number of aromatic amines is 1. The summed E-state index contributed by atoms with van der Waals surface area (Å²) in [5, 5.41) is 6.35. The molecule has 2 aromatic carbocycles. The summed E-state index contributed by atoms with van der Waals surface area (Å²) < 4.78 is 5.53. The number of imidazole rings is 1. The number of benzene rings is 2. The van der Waals surface area contributed by atoms with E-state index in [1.807, 2.05) is 69.3 Å². The first-order valence-electron chi connectivity index (χ1n) is 13.8. The molecule has 2 aromatic heterocycles. The van der Waals surface area contributed by atoms with E-state index in [-0.39, 0.29) is 17.9 Å². The summed E-state index contributed by atoms with van der Waals surface area (Å²) in [6, 6.07) is 17.2. The first kappa shape index (κ1) is 27.2. The molecule has 1 saturated heterocycles. The van der Waals surface area contributed by atoms with E-state index in [1.54, 1.807) is 17.2 Å². The van der Waals surface area contributed by atoms with Gasteiger partial charge in [0.1, 0.15) is 22.8 Å². The zero-order chi connectivity index (χ0) is 28.3. The molecule has 3 N–H and O–H groups in total. The Bertz CT molecular complexity index is 1520. The predicted molar refractivity (Wildman–Crippen MR) is 158 cm³/mol. The third-order valence-electron chi connectivity index (χ3n) is 6.81. The van der Waals surface area contributed by atoms with Crippen molar-refractivity contribution in [1.29, 1.82) is 0 Å². The summed E-state index contributed by atoms with van der Waals surface area (Å²) in [4.78, 5) is 40.1. The van der Waals surface area contributed by atoms with Crippen LogP contribution in [0.3, 0.4) is 0 Å². The highest BCUT2D eigenvalue weighted by molar-refractivity contribution is 6.08. The third kappa shape index (κ3) is 6.25. The molecule has 0 spiro atoms. The number of likely N-dealkylation sites (tertiary alicyclic amines) is 1. The highest BCUT2D eigenvalue weighted by atomic mass is 16.6. The summed E-state index contributed by atoms with van der Waals surface area (Å²) in [5.74, 6) is 1.44. The van der Waals surface area contributed by atoms with Crippen LogP contribution in [-0.2, 0) is 4.74 Å². The highest BCUT2D eigenvalue weighted by Crippen LogP contribution is 2.30. The number of fused-ring (bicyclic) bond motifs is 1. The molecular formula is C31H36N6O3. The summed E-state index contributed by atoms with van der Waals surface area (Å²) in [6.07, 6.45) is 3.29. The number of hydrogen-bond donors (Lipinski definition) is 3. The van der Waals surface area contributed by atoms with Gasteiger partial charge in [-0.15, -0.1) is 0 Å². The minimum absolute atomic E-state index is 0.148. The first-order chi connectivity index (χ1) is 19.2. The normalized spacial score (nSPS) is 15.3. The molecule has 4 aromatic rings. The fourth-order valence-electron chi connectivity index (χ4n) is 4.85. The number of ether oxygens (including phenoxy) is 1. The molecule has 1 aliphatic rings. The predicted octanol–water partition coefficient (Wildman–Crippen LogP) is 6.42. The van der Waals surface area contributed by atoms with Crippen LogP contribution >= 0.6 is 0 Å². The number of rotatable bonds is 7. The smallest absolute Gasteiger partial charge is 0.410 e. The van der Waals surface area contributed by atoms with Crippen LogP contribution < -0.4 is 10.6 Å². The monoisotopic (exact) mass is 540 g/mol. The number of pyridine rings is 1. The van der Waals surface area contributed by atoms with Crippen molar-refractivity contribution < 1.29 is 14.3 Å². The van der Waals surface area contributed by atoms with Crippen molar-refractivity contribution in [3.05, 3.63) is 71.9 Å². The van der Waals surface area contributed by atoms with Crippen molar-refractivity contribution in [3.63, 3.8) is 0 Å². The molecule has 1 fully saturated rings. The lowest BCUT2D eigenvalue weighted by Crippen LogP contribution is -2.35. The van der Waals surface area contributed by atoms with Crippen LogP contribution in [0.15, 0.2) is 60.8 Å². The second-order valence-corrected chi connectivity index (χ2v) is 11.1. The van der Waals surface area contributed by atoms with Gasteiger partial charge in [-0.05, 0) is 75.6 Å². The van der Waals surface area contributed by atoms with Gasteiger partial charge in [0.05, 0.1) is 11.2 Å². The maximum Gasteiger partial charge on any atom is 0.410 e. The third-order valence-corrected chi connectivity index (χ3v) is 6.81. The molecule has 9 nitrogen and oxygen atoms in total. The molecule has 1 unspecified atom stereocenters. The van der Waals surface area contributed by atoms with E-state index < -0.39 is 5.60 Å². The van der Waals surface area contributed by atoms with Crippen LogP contribution in [0.1, 0.15) is 62.4 Å². The van der Waals surface area contributed by atoms with E-state index in [4.69, 9.17) is 9.72 Å². The molecule has 0 saturated carbocycles. The number of hydrogen-bond acceptors (Lipinski definition) is 6. The zero-order valence-electron chi connectivity index (χ0n) is 23.5. The van der Waals surface area contributed by atoms with Gasteiger partial charge in [-0.3, -0.25) is 4.79 Å². The second-order valence-electron chi connectivity index (χ2n) is 11.1. The Kier molecular flexibility index (Phi) is 7.73. The van der Waals surface area contributed by atoms with Crippen LogP contribution in [0.5, 0.6) is 0 Å². The fraction of sp³-hybridized carbons (Fsp3) is 0.355. The van der Waals surface area contributed by atoms with Crippen LogP contribution in [0.4, 0.5) is 16.3 Å². The van der Waals surface area contributed by atoms with Gasteiger partial charge in [0, 0.05) is 42.9 Å². The van der Waals surface area contributed by atoms with E-state index in [1.165, 1.54) is 0 Å². The SMILES string of the molecule is CCCNc1cc(-c2nc3c(NC(=O)c4cccc(C5CCN(C(=O)OC(C)(C)C)C5)c4)cccc3[nH]2)ccn1. The van der Waals surface area contributed by atoms with Crippen molar-refractivity contribution in [1.82, 2.24) is 19.9 Å². The molecule has 0 bridgehead atoms. The molecule has 9 heteroatoms. The molecule has 2 amide bonds. The number of H-pyrrole nitrogens is 1. The highest BCUT2D eigenvalue weighted by Gasteiger charge is 2.30.